The predicted molar refractivity (Wildman–Crippen MR) is 191 cm³/mol. The zero-order valence-electron chi connectivity index (χ0n) is 30.5. The lowest BCUT2D eigenvalue weighted by Gasteiger charge is -2.35. The summed E-state index contributed by atoms with van der Waals surface area (Å²) in [5.41, 5.74) is 0. The summed E-state index contributed by atoms with van der Waals surface area (Å²) in [5.74, 6) is 0. The highest BCUT2D eigenvalue weighted by atomic mass is 28.4. The Morgan fingerprint density at radius 2 is 0.727 bits per heavy atom. The van der Waals surface area contributed by atoms with E-state index in [2.05, 4.69) is 52.4 Å². The Hall–Kier alpha value is 0.381. The fraction of sp³-hybridized carbons (Fsp3) is 0.963. The molecule has 0 fully saturated rings. The van der Waals surface area contributed by atoms with Gasteiger partial charge in [-0.2, -0.15) is 0 Å². The molecule has 264 valence electrons. The minimum absolute atomic E-state index is 0.411. The SMILES string of the molecule is CO[Si](CCC[Si](C)(C)O[Si](C)(C)CCCN(CCC[Si](C)(C)O[Si](C)(C)CCC[Si](OC)(OC)OC)C(=O)F)(OC)OC. The molecule has 0 aromatic carbocycles. The van der Waals surface area contributed by atoms with Crippen molar-refractivity contribution in [3.63, 3.8) is 0 Å². The summed E-state index contributed by atoms with van der Waals surface area (Å²) in [6, 6.07) is 5.25. The fourth-order valence-corrected chi connectivity index (χ4v) is 27.8. The Labute approximate surface area is 275 Å². The molecule has 0 saturated heterocycles. The molecule has 0 aromatic heterocycles. The summed E-state index contributed by atoms with van der Waals surface area (Å²) in [4.78, 5) is 13.2. The van der Waals surface area contributed by atoms with Gasteiger partial charge in [-0.05, 0) is 102 Å². The monoisotopic (exact) mass is 735 g/mol. The summed E-state index contributed by atoms with van der Waals surface area (Å²) < 4.78 is 60.8. The first-order valence-corrected chi connectivity index (χ1v) is 32.2. The lowest BCUT2D eigenvalue weighted by atomic mass is 10.4. The van der Waals surface area contributed by atoms with Crippen molar-refractivity contribution in [1.82, 2.24) is 4.90 Å². The van der Waals surface area contributed by atoms with Gasteiger partial charge in [0.1, 0.15) is 0 Å². The zero-order valence-corrected chi connectivity index (χ0v) is 36.5. The fourth-order valence-electron chi connectivity index (χ4n) is 5.95. The van der Waals surface area contributed by atoms with Gasteiger partial charge in [0.25, 0.3) is 0 Å². The maximum atomic E-state index is 14.0. The molecule has 0 rings (SSSR count). The van der Waals surface area contributed by atoms with Crippen molar-refractivity contribution < 1.29 is 44.0 Å². The first-order valence-electron chi connectivity index (χ1n) is 15.9. The van der Waals surface area contributed by atoms with Gasteiger partial charge in [-0.15, -0.1) is 4.39 Å². The Kier molecular flexibility index (Phi) is 20.2. The van der Waals surface area contributed by atoms with Gasteiger partial charge in [0.05, 0.1) is 0 Å². The van der Waals surface area contributed by atoms with Gasteiger partial charge in [-0.1, -0.05) is 0 Å². The summed E-state index contributed by atoms with van der Waals surface area (Å²) >= 11 is 0. The van der Waals surface area contributed by atoms with Crippen LogP contribution in [-0.4, -0.2) is 118 Å². The summed E-state index contributed by atoms with van der Waals surface area (Å²) in [5, 5.41) is 0. The molecule has 1 amide bonds. The third-order valence-corrected chi connectivity index (χ3v) is 28.9. The zero-order chi connectivity index (χ0) is 34.3. The van der Waals surface area contributed by atoms with E-state index in [0.717, 1.165) is 61.9 Å². The molecule has 0 atom stereocenters. The molecule has 0 bridgehead atoms. The molecular formula is C27H66FNO9Si6. The highest BCUT2D eigenvalue weighted by Gasteiger charge is 2.40. The third kappa shape index (κ3) is 17.5. The Bertz CT molecular complexity index is 744. The molecule has 17 heteroatoms. The van der Waals surface area contributed by atoms with E-state index in [1.165, 1.54) is 4.90 Å². The molecular weight excluding hydrogens is 670 g/mol. The van der Waals surface area contributed by atoms with E-state index >= 15 is 0 Å². The van der Waals surface area contributed by atoms with Crippen molar-refractivity contribution in [2.24, 2.45) is 0 Å². The molecule has 0 saturated carbocycles. The van der Waals surface area contributed by atoms with E-state index < -0.39 is 57.0 Å². The summed E-state index contributed by atoms with van der Waals surface area (Å²) in [7, 11) is -3.14. The summed E-state index contributed by atoms with van der Waals surface area (Å²) in [6.07, 6.45) is 1.98. The molecule has 44 heavy (non-hydrogen) atoms. The highest BCUT2D eigenvalue weighted by Crippen LogP contribution is 2.28. The van der Waals surface area contributed by atoms with Crippen molar-refractivity contribution in [3.8, 4) is 0 Å². The van der Waals surface area contributed by atoms with Crippen LogP contribution in [0.1, 0.15) is 25.7 Å². The minimum atomic E-state index is -2.58. The average molecular weight is 736 g/mol. The molecule has 0 unspecified atom stereocenters. The van der Waals surface area contributed by atoms with Crippen molar-refractivity contribution in [1.29, 1.82) is 0 Å². The van der Waals surface area contributed by atoms with Crippen LogP contribution in [0, 0.1) is 0 Å². The van der Waals surface area contributed by atoms with Crippen molar-refractivity contribution in [2.75, 3.05) is 55.7 Å². The normalized spacial score (nSPS) is 13.9. The van der Waals surface area contributed by atoms with Gasteiger partial charge in [-0.25, -0.2) is 4.79 Å². The second kappa shape index (κ2) is 20.0. The van der Waals surface area contributed by atoms with Gasteiger partial charge < -0.3 is 39.7 Å². The van der Waals surface area contributed by atoms with E-state index in [0.29, 0.717) is 13.1 Å². The van der Waals surface area contributed by atoms with Crippen molar-refractivity contribution in [2.45, 2.75) is 114 Å². The Balaban J connectivity index is 4.77. The number of amides is 1. The maximum Gasteiger partial charge on any atom is 0.500 e. The quantitative estimate of drug-likeness (QED) is 0.0507. The third-order valence-electron chi connectivity index (χ3n) is 8.16. The van der Waals surface area contributed by atoms with Crippen LogP contribution in [0.25, 0.3) is 0 Å². The highest BCUT2D eigenvalue weighted by molar-refractivity contribution is 6.85. The Morgan fingerprint density at radius 1 is 0.477 bits per heavy atom. The molecule has 0 aromatic rings. The second-order valence-corrected chi connectivity index (χ2v) is 37.9. The van der Waals surface area contributed by atoms with Crippen molar-refractivity contribution in [3.05, 3.63) is 0 Å². The number of nitrogens with zero attached hydrogens (tertiary/aromatic N) is 1. The topological polar surface area (TPSA) is 94.2 Å². The molecule has 0 radical (unpaired) electrons. The smallest absolute Gasteiger partial charge is 0.455 e. The van der Waals surface area contributed by atoms with Gasteiger partial charge in [0.15, 0.2) is 33.3 Å². The van der Waals surface area contributed by atoms with E-state index in [4.69, 9.17) is 34.8 Å². The van der Waals surface area contributed by atoms with Gasteiger partial charge in [-0.3, -0.25) is 0 Å². The lowest BCUT2D eigenvalue weighted by Crippen LogP contribution is -2.46. The van der Waals surface area contributed by atoms with E-state index in [1.54, 1.807) is 42.7 Å². The van der Waals surface area contributed by atoms with Crippen LogP contribution >= 0.6 is 0 Å². The van der Waals surface area contributed by atoms with Crippen molar-refractivity contribution >= 4 is 57.0 Å². The standard InChI is InChI=1S/C27H66FNO9Si6/c1-31-43(32-2,33-3)25-17-23-41(11,12)37-39(7,8)21-15-19-29(27(28)30)20-16-22-40(9,10)38-42(13,14)24-18-26-44(34-4,35-5)36-6/h15-26H2,1-14H3. The summed E-state index contributed by atoms with van der Waals surface area (Å²) in [6.45, 7) is 18.7. The molecule has 0 aliphatic carbocycles. The van der Waals surface area contributed by atoms with Gasteiger partial charge >= 0.3 is 23.8 Å². The number of rotatable bonds is 26. The first-order chi connectivity index (χ1) is 20.2. The molecule has 0 aliphatic heterocycles. The molecule has 0 spiro atoms. The number of hydrogen-bond donors (Lipinski definition) is 0. The largest absolute Gasteiger partial charge is 0.500 e. The molecule has 0 aliphatic rings. The number of carbonyl (C=O) groups is 1. The van der Waals surface area contributed by atoms with Crippen LogP contribution in [-0.2, 0) is 34.8 Å². The first kappa shape index (κ1) is 44.4. The van der Waals surface area contributed by atoms with Crippen LogP contribution in [0.2, 0.25) is 88.6 Å². The van der Waals surface area contributed by atoms with Crippen LogP contribution in [0.15, 0.2) is 0 Å². The van der Waals surface area contributed by atoms with Crippen LogP contribution in [0.3, 0.4) is 0 Å². The van der Waals surface area contributed by atoms with Crippen LogP contribution in [0.4, 0.5) is 9.18 Å². The number of carbonyl (C=O) groups excluding carboxylic acids is 1. The minimum Gasteiger partial charge on any atom is -0.455 e. The Morgan fingerprint density at radius 3 is 0.955 bits per heavy atom. The second-order valence-electron chi connectivity index (χ2n) is 14.0. The van der Waals surface area contributed by atoms with E-state index in [1.807, 2.05) is 0 Å². The van der Waals surface area contributed by atoms with Gasteiger partial charge in [0.2, 0.25) is 0 Å². The van der Waals surface area contributed by atoms with E-state index in [9.17, 15) is 9.18 Å². The predicted octanol–water partition coefficient (Wildman–Crippen LogP) is 7.55. The number of hydrogen-bond acceptors (Lipinski definition) is 9. The van der Waals surface area contributed by atoms with Gasteiger partial charge in [0, 0.05) is 67.8 Å². The molecule has 0 heterocycles. The van der Waals surface area contributed by atoms with Crippen LogP contribution in [0.5, 0.6) is 0 Å². The molecule has 0 N–H and O–H groups in total. The maximum absolute atomic E-state index is 14.0. The lowest BCUT2D eigenvalue weighted by molar-refractivity contribution is 0.123. The van der Waals surface area contributed by atoms with Crippen LogP contribution < -0.4 is 0 Å². The van der Waals surface area contributed by atoms with E-state index in [-0.39, 0.29) is 0 Å². The average Bonchev–Trinajstić information content (AvgIpc) is 2.91. The molecule has 10 nitrogen and oxygen atoms in total. The number of halogens is 1.